The molecule has 2 aromatic carbocycles. The lowest BCUT2D eigenvalue weighted by Gasteiger charge is -2.07. The minimum Gasteiger partial charge on any atom is -0.343 e. The van der Waals surface area contributed by atoms with Gasteiger partial charge in [-0.1, -0.05) is 29.8 Å². The third-order valence-corrected chi connectivity index (χ3v) is 2.83. The molecule has 0 unspecified atom stereocenters. The van der Waals surface area contributed by atoms with E-state index >= 15 is 0 Å². The highest BCUT2D eigenvalue weighted by Crippen LogP contribution is 2.09. The Morgan fingerprint density at radius 3 is 2.25 bits per heavy atom. The normalized spacial score (nSPS) is 9.85. The highest BCUT2D eigenvalue weighted by atomic mass is 35.5. The van der Waals surface area contributed by atoms with Gasteiger partial charge in [-0.2, -0.15) is 0 Å². The molecule has 2 aromatic rings. The molecule has 0 bridgehead atoms. The van der Waals surface area contributed by atoms with Gasteiger partial charge in [0.1, 0.15) is 0 Å². The zero-order chi connectivity index (χ0) is 14.4. The van der Waals surface area contributed by atoms with Crippen LogP contribution in [0, 0.1) is 0 Å². The smallest absolute Gasteiger partial charge is 0.251 e. The summed E-state index contributed by atoms with van der Waals surface area (Å²) in [4.78, 5) is 23.4. The zero-order valence-corrected chi connectivity index (χ0v) is 11.4. The predicted molar refractivity (Wildman–Crippen MR) is 78.9 cm³/mol. The zero-order valence-electron chi connectivity index (χ0n) is 10.6. The van der Waals surface area contributed by atoms with Crippen LogP contribution in [0.1, 0.15) is 10.4 Å². The van der Waals surface area contributed by atoms with Crippen molar-refractivity contribution in [2.75, 3.05) is 11.9 Å². The second-order valence-electron chi connectivity index (χ2n) is 4.10. The Balaban J connectivity index is 1.84. The van der Waals surface area contributed by atoms with E-state index < -0.39 is 0 Å². The summed E-state index contributed by atoms with van der Waals surface area (Å²) in [5, 5.41) is 5.79. The van der Waals surface area contributed by atoms with E-state index in [9.17, 15) is 9.59 Å². The fraction of sp³-hybridized carbons (Fsp3) is 0.0667. The lowest BCUT2D eigenvalue weighted by Crippen LogP contribution is -2.32. The molecule has 0 spiro atoms. The van der Waals surface area contributed by atoms with Crippen molar-refractivity contribution in [1.82, 2.24) is 5.32 Å². The summed E-state index contributed by atoms with van der Waals surface area (Å²) in [6.45, 7) is -0.0870. The number of benzene rings is 2. The molecule has 0 aliphatic carbocycles. The Hall–Kier alpha value is -2.33. The highest BCUT2D eigenvalue weighted by molar-refractivity contribution is 6.30. The third kappa shape index (κ3) is 4.10. The molecular weight excluding hydrogens is 276 g/mol. The second kappa shape index (κ2) is 6.73. The molecule has 2 N–H and O–H groups in total. The molecule has 4 nitrogen and oxygen atoms in total. The van der Waals surface area contributed by atoms with Gasteiger partial charge >= 0.3 is 0 Å². The topological polar surface area (TPSA) is 58.2 Å². The average molecular weight is 289 g/mol. The number of carbonyl (C=O) groups excluding carboxylic acids is 2. The Kier molecular flexibility index (Phi) is 4.74. The number of hydrogen-bond donors (Lipinski definition) is 2. The number of para-hydroxylation sites is 1. The van der Waals surface area contributed by atoms with Gasteiger partial charge in [0.05, 0.1) is 6.54 Å². The van der Waals surface area contributed by atoms with Crippen molar-refractivity contribution in [3.05, 3.63) is 65.2 Å². The van der Waals surface area contributed by atoms with Gasteiger partial charge in [-0.25, -0.2) is 0 Å². The molecule has 20 heavy (non-hydrogen) atoms. The molecule has 0 heterocycles. The number of rotatable bonds is 4. The maximum atomic E-state index is 11.8. The lowest BCUT2D eigenvalue weighted by molar-refractivity contribution is -0.115. The number of anilines is 1. The van der Waals surface area contributed by atoms with Gasteiger partial charge in [0.15, 0.2) is 0 Å². The highest BCUT2D eigenvalue weighted by Gasteiger charge is 2.07. The summed E-state index contributed by atoms with van der Waals surface area (Å²) in [7, 11) is 0. The Morgan fingerprint density at radius 1 is 0.950 bits per heavy atom. The van der Waals surface area contributed by atoms with E-state index in [-0.39, 0.29) is 18.4 Å². The van der Waals surface area contributed by atoms with E-state index in [0.29, 0.717) is 16.3 Å². The lowest BCUT2D eigenvalue weighted by atomic mass is 10.2. The minimum atomic E-state index is -0.315. The van der Waals surface area contributed by atoms with E-state index in [1.54, 1.807) is 36.4 Å². The van der Waals surface area contributed by atoms with E-state index in [0.717, 1.165) is 0 Å². The Labute approximate surface area is 121 Å². The fourth-order valence-electron chi connectivity index (χ4n) is 1.59. The van der Waals surface area contributed by atoms with Crippen molar-refractivity contribution in [2.45, 2.75) is 0 Å². The van der Waals surface area contributed by atoms with Gasteiger partial charge in [-0.05, 0) is 36.4 Å². The standard InChI is InChI=1S/C15H13ClN2O2/c16-12-8-6-11(7-9-12)15(20)17-10-14(19)18-13-4-2-1-3-5-13/h1-9H,10H2,(H,17,20)(H,18,19). The van der Waals surface area contributed by atoms with Crippen LogP contribution in [0.15, 0.2) is 54.6 Å². The molecule has 0 fully saturated rings. The molecule has 2 rings (SSSR count). The molecular formula is C15H13ClN2O2. The minimum absolute atomic E-state index is 0.0870. The van der Waals surface area contributed by atoms with Crippen LogP contribution in [0.2, 0.25) is 5.02 Å². The van der Waals surface area contributed by atoms with Crippen molar-refractivity contribution >= 4 is 29.1 Å². The molecule has 0 aliphatic rings. The van der Waals surface area contributed by atoms with Gasteiger partial charge in [0, 0.05) is 16.3 Å². The average Bonchev–Trinajstić information content (AvgIpc) is 2.46. The maximum Gasteiger partial charge on any atom is 0.251 e. The number of carbonyl (C=O) groups is 2. The molecule has 0 aromatic heterocycles. The van der Waals surface area contributed by atoms with Crippen LogP contribution in [-0.2, 0) is 4.79 Å². The molecule has 5 heteroatoms. The van der Waals surface area contributed by atoms with Gasteiger partial charge in [-0.3, -0.25) is 9.59 Å². The summed E-state index contributed by atoms with van der Waals surface area (Å²) in [6, 6.07) is 15.5. The quantitative estimate of drug-likeness (QED) is 0.909. The summed E-state index contributed by atoms with van der Waals surface area (Å²) in [6.07, 6.45) is 0. The predicted octanol–water partition coefficient (Wildman–Crippen LogP) is 2.71. The number of hydrogen-bond acceptors (Lipinski definition) is 2. The van der Waals surface area contributed by atoms with Crippen LogP contribution in [0.4, 0.5) is 5.69 Å². The Morgan fingerprint density at radius 2 is 1.60 bits per heavy atom. The summed E-state index contributed by atoms with van der Waals surface area (Å²) >= 11 is 5.74. The van der Waals surface area contributed by atoms with Crippen LogP contribution in [0.25, 0.3) is 0 Å². The van der Waals surface area contributed by atoms with E-state index in [1.807, 2.05) is 18.2 Å². The second-order valence-corrected chi connectivity index (χ2v) is 4.54. The van der Waals surface area contributed by atoms with Crippen molar-refractivity contribution in [3.8, 4) is 0 Å². The maximum absolute atomic E-state index is 11.8. The monoisotopic (exact) mass is 288 g/mol. The van der Waals surface area contributed by atoms with Gasteiger partial charge in [0.25, 0.3) is 5.91 Å². The third-order valence-electron chi connectivity index (χ3n) is 2.57. The van der Waals surface area contributed by atoms with Crippen molar-refractivity contribution in [2.24, 2.45) is 0 Å². The van der Waals surface area contributed by atoms with Crippen LogP contribution in [0.5, 0.6) is 0 Å². The first-order chi connectivity index (χ1) is 9.65. The molecule has 0 saturated carbocycles. The molecule has 102 valence electrons. The van der Waals surface area contributed by atoms with Crippen molar-refractivity contribution < 1.29 is 9.59 Å². The molecule has 0 atom stereocenters. The van der Waals surface area contributed by atoms with Crippen LogP contribution >= 0.6 is 11.6 Å². The number of nitrogens with one attached hydrogen (secondary N) is 2. The van der Waals surface area contributed by atoms with E-state index in [1.165, 1.54) is 0 Å². The van der Waals surface area contributed by atoms with Gasteiger partial charge in [-0.15, -0.1) is 0 Å². The van der Waals surface area contributed by atoms with Crippen LogP contribution in [0.3, 0.4) is 0 Å². The van der Waals surface area contributed by atoms with Gasteiger partial charge in [0.2, 0.25) is 5.91 Å². The molecule has 0 aliphatic heterocycles. The first-order valence-corrected chi connectivity index (χ1v) is 6.41. The summed E-state index contributed by atoms with van der Waals surface area (Å²) in [5.74, 6) is -0.594. The Bertz CT molecular complexity index is 597. The molecule has 2 amide bonds. The largest absolute Gasteiger partial charge is 0.343 e. The fourth-order valence-corrected chi connectivity index (χ4v) is 1.72. The van der Waals surface area contributed by atoms with Gasteiger partial charge < -0.3 is 10.6 Å². The molecule has 0 radical (unpaired) electrons. The number of amides is 2. The first-order valence-electron chi connectivity index (χ1n) is 6.04. The summed E-state index contributed by atoms with van der Waals surface area (Å²) < 4.78 is 0. The van der Waals surface area contributed by atoms with Crippen LogP contribution in [-0.4, -0.2) is 18.4 Å². The van der Waals surface area contributed by atoms with Crippen LogP contribution < -0.4 is 10.6 Å². The molecule has 0 saturated heterocycles. The first kappa shape index (κ1) is 14.1. The van der Waals surface area contributed by atoms with Crippen molar-refractivity contribution in [1.29, 1.82) is 0 Å². The van der Waals surface area contributed by atoms with E-state index in [2.05, 4.69) is 10.6 Å². The van der Waals surface area contributed by atoms with Crippen molar-refractivity contribution in [3.63, 3.8) is 0 Å². The summed E-state index contributed by atoms with van der Waals surface area (Å²) in [5.41, 5.74) is 1.15. The SMILES string of the molecule is O=C(CNC(=O)c1ccc(Cl)cc1)Nc1ccccc1. The number of halogens is 1. The van der Waals surface area contributed by atoms with E-state index in [4.69, 9.17) is 11.6 Å².